The van der Waals surface area contributed by atoms with Crippen molar-refractivity contribution in [1.82, 2.24) is 5.32 Å². The number of carbonyl (C=O) groups is 1. The van der Waals surface area contributed by atoms with E-state index < -0.39 is 49.5 Å². The van der Waals surface area contributed by atoms with Crippen LogP contribution in [0, 0.1) is 0 Å². The third-order valence-electron chi connectivity index (χ3n) is 8.65. The molecule has 1 amide bonds. The van der Waals surface area contributed by atoms with Gasteiger partial charge < -0.3 is 40.3 Å². The van der Waals surface area contributed by atoms with E-state index in [2.05, 4.69) is 55.6 Å². The summed E-state index contributed by atoms with van der Waals surface area (Å²) in [7, 11) is 0. The topological polar surface area (TPSA) is 149 Å². The van der Waals surface area contributed by atoms with Crippen LogP contribution in [-0.4, -0.2) is 87.5 Å². The lowest BCUT2D eigenvalue weighted by molar-refractivity contribution is -0.302. The van der Waals surface area contributed by atoms with Crippen molar-refractivity contribution in [2.45, 2.75) is 179 Å². The van der Waals surface area contributed by atoms with Gasteiger partial charge >= 0.3 is 0 Å². The van der Waals surface area contributed by atoms with Crippen LogP contribution in [0.5, 0.6) is 0 Å². The summed E-state index contributed by atoms with van der Waals surface area (Å²) in [4.78, 5) is 12.8. The molecule has 7 unspecified atom stereocenters. The van der Waals surface area contributed by atoms with Gasteiger partial charge in [-0.3, -0.25) is 4.79 Å². The van der Waals surface area contributed by atoms with E-state index in [0.717, 1.165) is 77.0 Å². The number of hydrogen-bond acceptors (Lipinski definition) is 8. The van der Waals surface area contributed by atoms with E-state index in [0.29, 0.717) is 6.42 Å². The molecule has 1 rings (SSSR count). The van der Waals surface area contributed by atoms with Crippen molar-refractivity contribution in [3.8, 4) is 0 Å². The summed E-state index contributed by atoms with van der Waals surface area (Å²) in [6, 6.07) is -0.808. The second-order valence-corrected chi connectivity index (χ2v) is 13.0. The molecule has 0 bridgehead atoms. The van der Waals surface area contributed by atoms with Crippen LogP contribution >= 0.6 is 0 Å². The highest BCUT2D eigenvalue weighted by Crippen LogP contribution is 2.22. The third-order valence-corrected chi connectivity index (χ3v) is 8.65. The number of rotatable bonds is 29. The van der Waals surface area contributed by atoms with Gasteiger partial charge in [-0.05, 0) is 57.8 Å². The molecule has 0 aromatic carbocycles. The maximum atomic E-state index is 12.8. The van der Waals surface area contributed by atoms with Gasteiger partial charge in [0.2, 0.25) is 5.91 Å². The first-order chi connectivity index (χ1) is 23.3. The molecule has 1 aliphatic heterocycles. The van der Waals surface area contributed by atoms with Crippen LogP contribution in [0.4, 0.5) is 0 Å². The first-order valence-corrected chi connectivity index (χ1v) is 18.9. The maximum absolute atomic E-state index is 12.8. The number of amides is 1. The summed E-state index contributed by atoms with van der Waals surface area (Å²) in [6.45, 7) is 3.62. The van der Waals surface area contributed by atoms with Crippen LogP contribution in [0.2, 0.25) is 0 Å². The Balaban J connectivity index is 2.35. The summed E-state index contributed by atoms with van der Waals surface area (Å²) in [6.07, 6.45) is 28.9. The largest absolute Gasteiger partial charge is 0.394 e. The average Bonchev–Trinajstić information content (AvgIpc) is 3.08. The number of aliphatic hydroxyl groups is 5. The zero-order valence-electron chi connectivity index (χ0n) is 30.0. The van der Waals surface area contributed by atoms with Crippen LogP contribution in [0.15, 0.2) is 48.6 Å². The molecule has 1 fully saturated rings. The highest BCUT2D eigenvalue weighted by Gasteiger charge is 2.44. The highest BCUT2D eigenvalue weighted by atomic mass is 16.7. The Morgan fingerprint density at radius 2 is 1.23 bits per heavy atom. The Hall–Kier alpha value is -1.85. The molecule has 1 saturated heterocycles. The van der Waals surface area contributed by atoms with Gasteiger partial charge in [0.1, 0.15) is 24.4 Å². The Morgan fingerprint density at radius 1 is 0.708 bits per heavy atom. The molecule has 7 atom stereocenters. The minimum Gasteiger partial charge on any atom is -0.394 e. The summed E-state index contributed by atoms with van der Waals surface area (Å²) in [5.41, 5.74) is 0. The number of hydrogen-bond donors (Lipinski definition) is 6. The van der Waals surface area contributed by atoms with Gasteiger partial charge in [-0.2, -0.15) is 0 Å². The fourth-order valence-corrected chi connectivity index (χ4v) is 5.51. The van der Waals surface area contributed by atoms with Crippen LogP contribution < -0.4 is 5.32 Å². The van der Waals surface area contributed by atoms with Crippen molar-refractivity contribution in [2.24, 2.45) is 0 Å². The molecule has 1 aliphatic rings. The van der Waals surface area contributed by atoms with Crippen LogP contribution in [0.25, 0.3) is 0 Å². The number of ether oxygens (including phenoxy) is 2. The van der Waals surface area contributed by atoms with Crippen molar-refractivity contribution in [3.63, 3.8) is 0 Å². The van der Waals surface area contributed by atoms with Crippen molar-refractivity contribution in [2.75, 3.05) is 13.2 Å². The first-order valence-electron chi connectivity index (χ1n) is 18.9. The van der Waals surface area contributed by atoms with E-state index >= 15 is 0 Å². The normalized spacial score (nSPS) is 23.2. The maximum Gasteiger partial charge on any atom is 0.220 e. The van der Waals surface area contributed by atoms with E-state index in [1.807, 2.05) is 6.08 Å². The minimum atomic E-state index is -1.57. The Morgan fingerprint density at radius 3 is 1.85 bits per heavy atom. The highest BCUT2D eigenvalue weighted by molar-refractivity contribution is 5.76. The van der Waals surface area contributed by atoms with Gasteiger partial charge in [0.15, 0.2) is 6.29 Å². The molecular weight excluding hydrogens is 610 g/mol. The molecule has 0 radical (unpaired) electrons. The number of allylic oxidation sites excluding steroid dienone is 7. The van der Waals surface area contributed by atoms with Gasteiger partial charge in [-0.1, -0.05) is 120 Å². The van der Waals surface area contributed by atoms with Gasteiger partial charge in [0.05, 0.1) is 25.4 Å². The Kier molecular flexibility index (Phi) is 27.6. The minimum absolute atomic E-state index is 0.197. The molecule has 0 aliphatic carbocycles. The average molecular weight is 680 g/mol. The summed E-state index contributed by atoms with van der Waals surface area (Å²) in [5, 5.41) is 53.6. The lowest BCUT2D eigenvalue weighted by Gasteiger charge is -2.40. The molecular formula is C39H69NO8. The van der Waals surface area contributed by atoms with Gasteiger partial charge in [-0.15, -0.1) is 0 Å². The van der Waals surface area contributed by atoms with Gasteiger partial charge in [0, 0.05) is 6.42 Å². The fourth-order valence-electron chi connectivity index (χ4n) is 5.51. The molecule has 9 heteroatoms. The Bertz CT molecular complexity index is 889. The standard InChI is InChI=1S/C39H69NO8/c1-3-5-7-9-11-12-13-14-15-16-17-18-19-20-21-22-23-25-27-29-35(43)40-32(33(42)28-26-24-10-8-6-4-2)31-47-39-38(46)37(45)36(44)34(30-41)48-39/h11-12,14-15,17-18,26,28,32-34,36-39,41-42,44-46H,3-10,13,16,19-25,27,29-31H2,1-2H3,(H,40,43)/b12-11-,15-14-,18-17-,28-26+. The molecule has 278 valence electrons. The van der Waals surface area contributed by atoms with Crippen LogP contribution in [-0.2, 0) is 14.3 Å². The number of nitrogens with one attached hydrogen (secondary N) is 1. The number of unbranched alkanes of at least 4 members (excludes halogenated alkanes) is 13. The number of carbonyl (C=O) groups excluding carboxylic acids is 1. The van der Waals surface area contributed by atoms with Crippen molar-refractivity contribution >= 4 is 5.91 Å². The zero-order chi connectivity index (χ0) is 35.2. The lowest BCUT2D eigenvalue weighted by Crippen LogP contribution is -2.60. The molecule has 48 heavy (non-hydrogen) atoms. The quantitative estimate of drug-likeness (QED) is 0.0397. The summed E-state index contributed by atoms with van der Waals surface area (Å²) in [5.74, 6) is -0.199. The first kappa shape index (κ1) is 44.2. The molecule has 0 saturated carbocycles. The number of aliphatic hydroxyl groups excluding tert-OH is 5. The van der Waals surface area contributed by atoms with Crippen LogP contribution in [0.3, 0.4) is 0 Å². The van der Waals surface area contributed by atoms with E-state index in [1.54, 1.807) is 6.08 Å². The summed E-state index contributed by atoms with van der Waals surface area (Å²) >= 11 is 0. The van der Waals surface area contributed by atoms with E-state index in [1.165, 1.54) is 38.5 Å². The zero-order valence-corrected chi connectivity index (χ0v) is 30.0. The smallest absolute Gasteiger partial charge is 0.220 e. The summed E-state index contributed by atoms with van der Waals surface area (Å²) < 4.78 is 11.1. The lowest BCUT2D eigenvalue weighted by atomic mass is 9.99. The molecule has 9 nitrogen and oxygen atoms in total. The SMILES string of the molecule is CCCCC/C=C\C/C=C\C/C=C\CCCCCCCCC(=O)NC(COC1OC(CO)C(O)C(O)C1O)C(O)/C=C/CCCCCC. The van der Waals surface area contributed by atoms with Gasteiger partial charge in [0.25, 0.3) is 0 Å². The molecule has 0 aromatic heterocycles. The second kappa shape index (κ2) is 30.0. The van der Waals surface area contributed by atoms with Crippen molar-refractivity contribution in [1.29, 1.82) is 0 Å². The third kappa shape index (κ3) is 21.3. The van der Waals surface area contributed by atoms with Gasteiger partial charge in [-0.25, -0.2) is 0 Å². The van der Waals surface area contributed by atoms with E-state index in [9.17, 15) is 30.3 Å². The monoisotopic (exact) mass is 680 g/mol. The van der Waals surface area contributed by atoms with Crippen LogP contribution in [0.1, 0.15) is 136 Å². The predicted octanol–water partition coefficient (Wildman–Crippen LogP) is 6.33. The predicted molar refractivity (Wildman–Crippen MR) is 193 cm³/mol. The Labute approximate surface area is 291 Å². The second-order valence-electron chi connectivity index (χ2n) is 13.0. The van der Waals surface area contributed by atoms with Crippen molar-refractivity contribution in [3.05, 3.63) is 48.6 Å². The molecule has 0 spiro atoms. The van der Waals surface area contributed by atoms with E-state index in [-0.39, 0.29) is 12.5 Å². The molecule has 1 heterocycles. The fraction of sp³-hybridized carbons (Fsp3) is 0.769. The molecule has 6 N–H and O–H groups in total. The van der Waals surface area contributed by atoms with Crippen molar-refractivity contribution < 1.29 is 39.8 Å². The molecule has 0 aromatic rings. The van der Waals surface area contributed by atoms with E-state index in [4.69, 9.17) is 9.47 Å².